The van der Waals surface area contributed by atoms with Gasteiger partial charge in [0.2, 0.25) is 0 Å². The second kappa shape index (κ2) is 7.23. The third-order valence-electron chi connectivity index (χ3n) is 3.51. The van der Waals surface area contributed by atoms with Gasteiger partial charge in [-0.2, -0.15) is 0 Å². The molecule has 1 aromatic heterocycles. The highest BCUT2D eigenvalue weighted by molar-refractivity contribution is 6.33. The molecule has 0 bridgehead atoms. The highest BCUT2D eigenvalue weighted by Gasteiger charge is 2.08. The maximum atomic E-state index is 11.1. The van der Waals surface area contributed by atoms with Gasteiger partial charge in [-0.25, -0.2) is 0 Å². The second-order valence-electron chi connectivity index (χ2n) is 5.14. The fourth-order valence-corrected chi connectivity index (χ4v) is 2.41. The molecule has 2 aromatic carbocycles. The highest BCUT2D eigenvalue weighted by Crippen LogP contribution is 2.26. The number of aliphatic imine (C=N–C) groups is 1. The molecule has 0 atom stereocenters. The van der Waals surface area contributed by atoms with E-state index in [1.807, 2.05) is 24.3 Å². The number of furan rings is 1. The fourth-order valence-electron chi connectivity index (χ4n) is 2.22. The Bertz CT molecular complexity index is 929. The highest BCUT2D eigenvalue weighted by atomic mass is 35.5. The number of ether oxygens (including phenoxy) is 1. The lowest BCUT2D eigenvalue weighted by Crippen LogP contribution is -2.22. The maximum Gasteiger partial charge on any atom is 0.145 e. The van der Waals surface area contributed by atoms with Crippen molar-refractivity contribution in [3.05, 3.63) is 70.9 Å². The van der Waals surface area contributed by atoms with Crippen molar-refractivity contribution in [3.63, 3.8) is 0 Å². The molecule has 3 aromatic rings. The lowest BCUT2D eigenvalue weighted by atomic mass is 10.1. The average Bonchev–Trinajstić information content (AvgIpc) is 3.09. The molecule has 3 rings (SSSR count). The van der Waals surface area contributed by atoms with Gasteiger partial charge in [-0.15, -0.1) is 0 Å². The predicted octanol–water partition coefficient (Wildman–Crippen LogP) is 3.72. The molecule has 0 saturated heterocycles. The molecule has 0 unspecified atom stereocenters. The first-order chi connectivity index (χ1) is 12.1. The zero-order valence-electron chi connectivity index (χ0n) is 13.2. The van der Waals surface area contributed by atoms with Crippen LogP contribution in [0.25, 0.3) is 11.3 Å². The summed E-state index contributed by atoms with van der Waals surface area (Å²) in [5, 5.41) is 11.2. The van der Waals surface area contributed by atoms with Gasteiger partial charge in [-0.1, -0.05) is 11.6 Å². The Hall–Kier alpha value is -3.05. The molecule has 0 fully saturated rings. The van der Waals surface area contributed by atoms with Gasteiger partial charge < -0.3 is 19.1 Å². The van der Waals surface area contributed by atoms with Crippen LogP contribution in [0.15, 0.2) is 64.0 Å². The van der Waals surface area contributed by atoms with Crippen LogP contribution in [0, 0.1) is 0 Å². The average molecular weight is 355 g/mol. The van der Waals surface area contributed by atoms with E-state index in [9.17, 15) is 9.90 Å². The number of hydrogen-bond donors (Lipinski definition) is 0. The number of carbonyl (C=O) groups is 1. The summed E-state index contributed by atoms with van der Waals surface area (Å²) < 4.78 is 10.8. The van der Waals surface area contributed by atoms with Crippen LogP contribution in [0.4, 0.5) is 5.69 Å². The summed E-state index contributed by atoms with van der Waals surface area (Å²) in [7, 11) is 1.60. The maximum absolute atomic E-state index is 11.1. The van der Waals surface area contributed by atoms with E-state index in [0.717, 1.165) is 11.4 Å². The second-order valence-corrected chi connectivity index (χ2v) is 5.55. The van der Waals surface area contributed by atoms with E-state index in [1.54, 1.807) is 31.5 Å². The molecule has 0 aliphatic rings. The van der Waals surface area contributed by atoms with Crippen molar-refractivity contribution in [2.24, 2.45) is 4.99 Å². The van der Waals surface area contributed by atoms with E-state index in [1.165, 1.54) is 12.1 Å². The molecule has 126 valence electrons. The number of hydrogen-bond acceptors (Lipinski definition) is 5. The molecule has 0 radical (unpaired) electrons. The molecule has 1 heterocycles. The molecule has 5 nitrogen and oxygen atoms in total. The molecule has 0 aliphatic carbocycles. The Morgan fingerprint density at radius 3 is 2.60 bits per heavy atom. The zero-order chi connectivity index (χ0) is 17.8. The first kappa shape index (κ1) is 16.8. The first-order valence-corrected chi connectivity index (χ1v) is 7.74. The largest absolute Gasteiger partial charge is 0.545 e. The Kier molecular flexibility index (Phi) is 4.86. The summed E-state index contributed by atoms with van der Waals surface area (Å²) >= 11 is 5.84. The van der Waals surface area contributed by atoms with Gasteiger partial charge in [0.05, 0.1) is 25.0 Å². The summed E-state index contributed by atoms with van der Waals surface area (Å²) in [6.45, 7) is 0. The van der Waals surface area contributed by atoms with Crippen molar-refractivity contribution in [2.75, 3.05) is 7.11 Å². The van der Waals surface area contributed by atoms with Gasteiger partial charge in [0.1, 0.15) is 17.3 Å². The molecular weight excluding hydrogens is 342 g/mol. The predicted molar refractivity (Wildman–Crippen MR) is 93.7 cm³/mol. The van der Waals surface area contributed by atoms with Crippen LogP contribution in [0.1, 0.15) is 16.1 Å². The molecule has 0 aliphatic heterocycles. The zero-order valence-corrected chi connectivity index (χ0v) is 14.0. The summed E-state index contributed by atoms with van der Waals surface area (Å²) in [5.41, 5.74) is 1.26. The minimum absolute atomic E-state index is 0.0796. The minimum atomic E-state index is -1.33. The smallest absolute Gasteiger partial charge is 0.145 e. The quantitative estimate of drug-likeness (QED) is 0.654. The van der Waals surface area contributed by atoms with Crippen LogP contribution in [0.3, 0.4) is 0 Å². The van der Waals surface area contributed by atoms with E-state index in [2.05, 4.69) is 4.99 Å². The van der Waals surface area contributed by atoms with Crippen molar-refractivity contribution < 1.29 is 19.1 Å². The van der Waals surface area contributed by atoms with Crippen molar-refractivity contribution in [1.82, 2.24) is 0 Å². The number of carbonyl (C=O) groups excluding carboxylic acids is 1. The molecule has 0 spiro atoms. The molecule has 0 amide bonds. The van der Waals surface area contributed by atoms with E-state index in [0.29, 0.717) is 17.1 Å². The Morgan fingerprint density at radius 1 is 1.16 bits per heavy atom. The van der Waals surface area contributed by atoms with Crippen molar-refractivity contribution in [1.29, 1.82) is 0 Å². The summed E-state index contributed by atoms with van der Waals surface area (Å²) in [6, 6.07) is 15.3. The molecule has 0 saturated carbocycles. The minimum Gasteiger partial charge on any atom is -0.545 e. The monoisotopic (exact) mass is 354 g/mol. The van der Waals surface area contributed by atoms with Gasteiger partial charge in [-0.3, -0.25) is 4.99 Å². The summed E-state index contributed by atoms with van der Waals surface area (Å²) in [6.07, 6.45) is 1.58. The van der Waals surface area contributed by atoms with Crippen LogP contribution in [-0.2, 0) is 0 Å². The Balaban J connectivity index is 1.81. The van der Waals surface area contributed by atoms with E-state index < -0.39 is 5.97 Å². The van der Waals surface area contributed by atoms with Gasteiger partial charge in [0.25, 0.3) is 0 Å². The van der Waals surface area contributed by atoms with Crippen molar-refractivity contribution in [2.45, 2.75) is 0 Å². The van der Waals surface area contributed by atoms with Crippen molar-refractivity contribution >= 4 is 29.5 Å². The number of nitrogens with zero attached hydrogens (tertiary/aromatic N) is 1. The summed E-state index contributed by atoms with van der Waals surface area (Å²) in [4.78, 5) is 15.4. The Morgan fingerprint density at radius 2 is 1.92 bits per heavy atom. The standard InChI is InChI=1S/C19H14ClNO4/c1-24-14-5-3-13(4-6-14)21-11-15-7-9-18(25-15)12-2-8-17(20)16(10-12)19(22)23/h2-11H,1H3,(H,22,23)/p-1. The van der Waals surface area contributed by atoms with Gasteiger partial charge in [0.15, 0.2) is 0 Å². The first-order valence-electron chi connectivity index (χ1n) is 7.36. The van der Waals surface area contributed by atoms with Crippen molar-refractivity contribution in [3.8, 4) is 17.1 Å². The Labute approximate surface area is 149 Å². The summed E-state index contributed by atoms with van der Waals surface area (Å²) in [5.74, 6) is 0.469. The van der Waals surface area contributed by atoms with E-state index >= 15 is 0 Å². The molecule has 0 N–H and O–H groups in total. The molecular formula is C19H13ClNO4-. The third kappa shape index (κ3) is 3.89. The number of carboxylic acids is 1. The third-order valence-corrected chi connectivity index (χ3v) is 3.84. The number of aromatic carboxylic acids is 1. The van der Waals surface area contributed by atoms with Crippen LogP contribution in [0.5, 0.6) is 5.75 Å². The normalized spacial score (nSPS) is 11.0. The van der Waals surface area contributed by atoms with Crippen LogP contribution in [0.2, 0.25) is 5.02 Å². The number of methoxy groups -OCH3 is 1. The lowest BCUT2D eigenvalue weighted by molar-refractivity contribution is -0.255. The SMILES string of the molecule is COc1ccc(N=Cc2ccc(-c3ccc(Cl)c(C(=O)[O-])c3)o2)cc1. The number of halogens is 1. The van der Waals surface area contributed by atoms with E-state index in [4.69, 9.17) is 20.8 Å². The number of carboxylic acid groups (broad SMARTS) is 1. The topological polar surface area (TPSA) is 74.9 Å². The van der Waals surface area contributed by atoms with E-state index in [-0.39, 0.29) is 10.6 Å². The molecule has 6 heteroatoms. The number of rotatable bonds is 5. The van der Waals surface area contributed by atoms with Crippen LogP contribution in [-0.4, -0.2) is 19.3 Å². The van der Waals surface area contributed by atoms with Gasteiger partial charge in [-0.05, 0) is 54.6 Å². The molecule has 25 heavy (non-hydrogen) atoms. The van der Waals surface area contributed by atoms with Crippen LogP contribution >= 0.6 is 11.6 Å². The number of benzene rings is 2. The lowest BCUT2D eigenvalue weighted by Gasteiger charge is -2.06. The van der Waals surface area contributed by atoms with Gasteiger partial charge >= 0.3 is 0 Å². The fraction of sp³-hybridized carbons (Fsp3) is 0.0526. The van der Waals surface area contributed by atoms with Crippen LogP contribution < -0.4 is 9.84 Å². The van der Waals surface area contributed by atoms with Gasteiger partial charge in [0, 0.05) is 16.1 Å².